The number of nitrogens with one attached hydrogen (secondary N) is 1. The Hall–Kier alpha value is -2.19. The van der Waals surface area contributed by atoms with Crippen molar-refractivity contribution in [3.8, 4) is 0 Å². The third-order valence-electron chi connectivity index (χ3n) is 3.42. The number of anilines is 1. The van der Waals surface area contributed by atoms with E-state index in [0.717, 1.165) is 15.7 Å². The fourth-order valence-electron chi connectivity index (χ4n) is 2.23. The molecule has 0 atom stereocenters. The van der Waals surface area contributed by atoms with E-state index in [1.54, 1.807) is 29.2 Å². The number of aryl methyl sites for hydroxylation is 1. The van der Waals surface area contributed by atoms with Gasteiger partial charge < -0.3 is 5.32 Å². The van der Waals surface area contributed by atoms with E-state index in [1.165, 1.54) is 16.8 Å². The molecule has 0 bridgehead atoms. The van der Waals surface area contributed by atoms with E-state index in [4.69, 9.17) is 11.6 Å². The van der Waals surface area contributed by atoms with Crippen LogP contribution in [0.25, 0.3) is 0 Å². The Bertz CT molecular complexity index is 886. The predicted molar refractivity (Wildman–Crippen MR) is 96.0 cm³/mol. The quantitative estimate of drug-likeness (QED) is 0.677. The monoisotopic (exact) mass is 425 g/mol. The Morgan fingerprint density at radius 3 is 2.60 bits per heavy atom. The minimum Gasteiger partial charge on any atom is -0.306 e. The number of carbonyl (C=O) groups is 1. The largest absolute Gasteiger partial charge is 0.306 e. The molecule has 1 amide bonds. The van der Waals surface area contributed by atoms with Crippen molar-refractivity contribution in [1.82, 2.24) is 19.6 Å². The summed E-state index contributed by atoms with van der Waals surface area (Å²) in [5, 5.41) is 11.4. The van der Waals surface area contributed by atoms with Crippen LogP contribution in [-0.4, -0.2) is 25.5 Å². The first-order valence-corrected chi connectivity index (χ1v) is 8.54. The maximum Gasteiger partial charge on any atom is 0.247 e. The normalized spacial score (nSPS) is 10.9. The van der Waals surface area contributed by atoms with Crippen LogP contribution in [0.1, 0.15) is 11.3 Å². The molecule has 6 nitrogen and oxygen atoms in total. The molecule has 3 rings (SSSR count). The zero-order valence-electron chi connectivity index (χ0n) is 13.2. The topological polar surface area (TPSA) is 64.7 Å². The van der Waals surface area contributed by atoms with Crippen LogP contribution in [0.15, 0.2) is 41.1 Å². The highest BCUT2D eigenvalue weighted by atomic mass is 79.9. The summed E-state index contributed by atoms with van der Waals surface area (Å²) >= 11 is 9.47. The molecule has 1 aromatic carbocycles. The van der Waals surface area contributed by atoms with Crippen LogP contribution in [0.5, 0.6) is 0 Å². The van der Waals surface area contributed by atoms with Crippen molar-refractivity contribution in [2.75, 3.05) is 5.32 Å². The number of carbonyl (C=O) groups excluding carboxylic acids is 1. The number of hydrogen-bond acceptors (Lipinski definition) is 3. The van der Waals surface area contributed by atoms with Gasteiger partial charge in [0.1, 0.15) is 17.4 Å². The summed E-state index contributed by atoms with van der Waals surface area (Å²) in [5.41, 5.74) is 1.67. The minimum absolute atomic E-state index is 0.0492. The Labute approximate surface area is 156 Å². The average molecular weight is 427 g/mol. The summed E-state index contributed by atoms with van der Waals surface area (Å²) in [4.78, 5) is 12.1. The molecule has 130 valence electrons. The molecule has 0 unspecified atom stereocenters. The molecule has 1 N–H and O–H groups in total. The predicted octanol–water partition coefficient (Wildman–Crippen LogP) is 3.63. The lowest BCUT2D eigenvalue weighted by Gasteiger charge is -2.03. The fourth-order valence-corrected chi connectivity index (χ4v) is 2.75. The van der Waals surface area contributed by atoms with Crippen molar-refractivity contribution in [2.45, 2.75) is 20.0 Å². The van der Waals surface area contributed by atoms with Crippen molar-refractivity contribution in [3.05, 3.63) is 63.2 Å². The molecule has 0 fully saturated rings. The minimum atomic E-state index is -0.296. The summed E-state index contributed by atoms with van der Waals surface area (Å²) < 4.78 is 16.9. The number of amides is 1. The highest BCUT2D eigenvalue weighted by molar-refractivity contribution is 9.10. The van der Waals surface area contributed by atoms with Gasteiger partial charge in [-0.1, -0.05) is 23.7 Å². The van der Waals surface area contributed by atoms with Crippen LogP contribution >= 0.6 is 27.5 Å². The number of rotatable bonds is 5. The molecule has 9 heteroatoms. The second kappa shape index (κ2) is 7.37. The van der Waals surface area contributed by atoms with Gasteiger partial charge >= 0.3 is 0 Å². The zero-order valence-corrected chi connectivity index (χ0v) is 15.6. The van der Waals surface area contributed by atoms with Gasteiger partial charge in [0.25, 0.3) is 0 Å². The van der Waals surface area contributed by atoms with E-state index in [9.17, 15) is 9.18 Å². The first kappa shape index (κ1) is 17.6. The second-order valence-corrected chi connectivity index (χ2v) is 6.72. The summed E-state index contributed by atoms with van der Waals surface area (Å²) in [6.45, 7) is 2.31. The van der Waals surface area contributed by atoms with Crippen LogP contribution in [-0.2, 0) is 17.9 Å². The zero-order chi connectivity index (χ0) is 18.0. The number of halogens is 3. The second-order valence-electron chi connectivity index (χ2n) is 5.46. The molecule has 0 saturated carbocycles. The van der Waals surface area contributed by atoms with Gasteiger partial charge in [-0.3, -0.25) is 14.2 Å². The van der Waals surface area contributed by atoms with Crippen LogP contribution in [0.3, 0.4) is 0 Å². The van der Waals surface area contributed by atoms with E-state index in [0.29, 0.717) is 11.6 Å². The van der Waals surface area contributed by atoms with Gasteiger partial charge in [0, 0.05) is 12.4 Å². The summed E-state index contributed by atoms with van der Waals surface area (Å²) in [6.07, 6.45) is 3.33. The molecule has 3 aromatic rings. The third kappa shape index (κ3) is 4.46. The molecule has 0 aliphatic rings. The van der Waals surface area contributed by atoms with Gasteiger partial charge in [-0.05, 0) is 40.5 Å². The number of nitrogens with zero attached hydrogens (tertiary/aromatic N) is 4. The van der Waals surface area contributed by atoms with Gasteiger partial charge in [0.2, 0.25) is 5.91 Å². The molecule has 0 aliphatic heterocycles. The number of aromatic nitrogens is 4. The molecule has 0 aliphatic carbocycles. The van der Waals surface area contributed by atoms with Gasteiger partial charge in [-0.2, -0.15) is 10.2 Å². The molecule has 0 radical (unpaired) electrons. The molecule has 25 heavy (non-hydrogen) atoms. The Balaban J connectivity index is 1.65. The molecule has 0 spiro atoms. The first-order valence-electron chi connectivity index (χ1n) is 7.37. The maximum atomic E-state index is 12.9. The van der Waals surface area contributed by atoms with Gasteiger partial charge in [-0.15, -0.1) is 0 Å². The van der Waals surface area contributed by atoms with Crippen molar-refractivity contribution in [1.29, 1.82) is 0 Å². The summed E-state index contributed by atoms with van der Waals surface area (Å²) in [6, 6.07) is 6.10. The van der Waals surface area contributed by atoms with Crippen molar-refractivity contribution < 1.29 is 9.18 Å². The fraction of sp³-hybridized carbons (Fsp3) is 0.188. The standard InChI is InChI=1S/C16H14BrClFN5O/c1-10-13(17)7-24(21-10)9-15(25)20-16-14(18)8-23(22-16)6-11-2-4-12(19)5-3-11/h2-5,7-8H,6,9H2,1H3,(H,20,22,25). The van der Waals surface area contributed by atoms with E-state index in [-0.39, 0.29) is 24.1 Å². The molecule has 0 saturated heterocycles. The van der Waals surface area contributed by atoms with Gasteiger partial charge in [0.05, 0.1) is 16.7 Å². The third-order valence-corrected chi connectivity index (χ3v) is 4.48. The maximum absolute atomic E-state index is 12.9. The summed E-state index contributed by atoms with van der Waals surface area (Å²) in [7, 11) is 0. The van der Waals surface area contributed by atoms with Crippen LogP contribution in [0.4, 0.5) is 10.2 Å². The van der Waals surface area contributed by atoms with Crippen molar-refractivity contribution in [2.24, 2.45) is 0 Å². The SMILES string of the molecule is Cc1nn(CC(=O)Nc2nn(Cc3ccc(F)cc3)cc2Cl)cc1Br. The Morgan fingerprint density at radius 2 is 1.96 bits per heavy atom. The number of benzene rings is 1. The van der Waals surface area contributed by atoms with Crippen molar-refractivity contribution in [3.63, 3.8) is 0 Å². The van der Waals surface area contributed by atoms with Gasteiger partial charge in [-0.25, -0.2) is 4.39 Å². The van der Waals surface area contributed by atoms with Crippen molar-refractivity contribution >= 4 is 39.3 Å². The number of hydrogen-bond donors (Lipinski definition) is 1. The van der Waals surface area contributed by atoms with E-state index in [2.05, 4.69) is 31.4 Å². The lowest BCUT2D eigenvalue weighted by molar-refractivity contribution is -0.116. The Kier molecular flexibility index (Phi) is 5.19. The highest BCUT2D eigenvalue weighted by Crippen LogP contribution is 2.20. The van der Waals surface area contributed by atoms with Crippen LogP contribution in [0, 0.1) is 12.7 Å². The smallest absolute Gasteiger partial charge is 0.247 e. The lowest BCUT2D eigenvalue weighted by atomic mass is 10.2. The molecule has 2 aromatic heterocycles. The Morgan fingerprint density at radius 1 is 1.24 bits per heavy atom. The summed E-state index contributed by atoms with van der Waals surface area (Å²) in [5.74, 6) is -0.309. The average Bonchev–Trinajstić information content (AvgIpc) is 3.04. The van der Waals surface area contributed by atoms with E-state index in [1.807, 2.05) is 6.92 Å². The molecule has 2 heterocycles. The van der Waals surface area contributed by atoms with Crippen LogP contribution in [0.2, 0.25) is 5.02 Å². The first-order chi connectivity index (χ1) is 11.9. The van der Waals surface area contributed by atoms with Gasteiger partial charge in [0.15, 0.2) is 5.82 Å². The van der Waals surface area contributed by atoms with Crippen LogP contribution < -0.4 is 5.32 Å². The highest BCUT2D eigenvalue weighted by Gasteiger charge is 2.12. The van der Waals surface area contributed by atoms with E-state index >= 15 is 0 Å². The lowest BCUT2D eigenvalue weighted by Crippen LogP contribution is -2.19. The van der Waals surface area contributed by atoms with E-state index < -0.39 is 0 Å². The molecular weight excluding hydrogens is 413 g/mol. The molecular formula is C16H14BrClFN5O.